The van der Waals surface area contributed by atoms with Crippen LogP contribution in [0.2, 0.25) is 0 Å². The maximum absolute atomic E-state index is 11.8. The highest BCUT2D eigenvalue weighted by Gasteiger charge is 2.20. The molecule has 3 N–H and O–H groups in total. The molecule has 1 aliphatic rings. The van der Waals surface area contributed by atoms with Crippen LogP contribution < -0.4 is 11.1 Å². The molecule has 0 aromatic carbocycles. The number of nitrogens with two attached hydrogens (primary N) is 1. The third kappa shape index (κ3) is 5.38. The number of hydrogen-bond donors (Lipinski definition) is 2. The topological polar surface area (TPSA) is 55.1 Å². The summed E-state index contributed by atoms with van der Waals surface area (Å²) in [6, 6.07) is 0. The number of nitrogens with one attached hydrogen (secondary N) is 1. The number of rotatable bonds is 7. The van der Waals surface area contributed by atoms with Crippen molar-refractivity contribution in [3.8, 4) is 0 Å². The molecule has 1 aliphatic carbocycles. The highest BCUT2D eigenvalue weighted by atomic mass is 16.1. The average molecular weight is 254 g/mol. The van der Waals surface area contributed by atoms with E-state index < -0.39 is 0 Å². The maximum Gasteiger partial charge on any atom is 0.220 e. The van der Waals surface area contributed by atoms with Gasteiger partial charge in [-0.1, -0.05) is 39.5 Å². The van der Waals surface area contributed by atoms with Gasteiger partial charge in [0, 0.05) is 13.0 Å². The molecular formula is C15H30N2O. The van der Waals surface area contributed by atoms with Gasteiger partial charge in [0.2, 0.25) is 5.91 Å². The van der Waals surface area contributed by atoms with Crippen LogP contribution in [-0.2, 0) is 4.79 Å². The zero-order valence-corrected chi connectivity index (χ0v) is 12.1. The van der Waals surface area contributed by atoms with Gasteiger partial charge in [-0.05, 0) is 37.1 Å². The molecule has 0 saturated heterocycles. The fourth-order valence-electron chi connectivity index (χ4n) is 2.83. The predicted octanol–water partition coefficient (Wildman–Crippen LogP) is 2.69. The molecule has 0 bridgehead atoms. The van der Waals surface area contributed by atoms with Crippen LogP contribution in [0.1, 0.15) is 58.8 Å². The molecule has 1 rings (SSSR count). The van der Waals surface area contributed by atoms with E-state index in [4.69, 9.17) is 5.73 Å². The minimum Gasteiger partial charge on any atom is -0.356 e. The van der Waals surface area contributed by atoms with Crippen LogP contribution in [0.5, 0.6) is 0 Å². The number of hydrogen-bond acceptors (Lipinski definition) is 2. The van der Waals surface area contributed by atoms with Crippen molar-refractivity contribution in [2.45, 2.75) is 58.8 Å². The highest BCUT2D eigenvalue weighted by molar-refractivity contribution is 5.76. The van der Waals surface area contributed by atoms with Crippen LogP contribution in [0.25, 0.3) is 0 Å². The van der Waals surface area contributed by atoms with Crippen molar-refractivity contribution < 1.29 is 4.79 Å². The van der Waals surface area contributed by atoms with Crippen molar-refractivity contribution in [1.29, 1.82) is 0 Å². The Bertz CT molecular complexity index is 231. The second-order valence-electron chi connectivity index (χ2n) is 5.81. The lowest BCUT2D eigenvalue weighted by molar-refractivity contribution is -0.122. The highest BCUT2D eigenvalue weighted by Crippen LogP contribution is 2.30. The van der Waals surface area contributed by atoms with E-state index in [1.54, 1.807) is 0 Å². The molecule has 1 fully saturated rings. The normalized spacial score (nSPS) is 25.7. The SMILES string of the molecule is CCC1CCC(CNC(=O)CC(CC)CN)CC1. The Labute approximate surface area is 112 Å². The Kier molecular flexibility index (Phi) is 7.33. The van der Waals surface area contributed by atoms with Gasteiger partial charge in [0.1, 0.15) is 0 Å². The molecule has 1 atom stereocenters. The van der Waals surface area contributed by atoms with Gasteiger partial charge in [0.25, 0.3) is 0 Å². The van der Waals surface area contributed by atoms with Gasteiger partial charge in [0.15, 0.2) is 0 Å². The van der Waals surface area contributed by atoms with Gasteiger partial charge in [-0.15, -0.1) is 0 Å². The summed E-state index contributed by atoms with van der Waals surface area (Å²) in [5.74, 6) is 2.17. The van der Waals surface area contributed by atoms with Crippen LogP contribution in [0.3, 0.4) is 0 Å². The van der Waals surface area contributed by atoms with Gasteiger partial charge < -0.3 is 11.1 Å². The van der Waals surface area contributed by atoms with E-state index in [-0.39, 0.29) is 5.91 Å². The number of carbonyl (C=O) groups excluding carboxylic acids is 1. The Balaban J connectivity index is 2.15. The first-order valence-electron chi connectivity index (χ1n) is 7.66. The summed E-state index contributed by atoms with van der Waals surface area (Å²) in [6.07, 6.45) is 8.16. The molecule has 1 unspecified atom stereocenters. The quantitative estimate of drug-likeness (QED) is 0.734. The zero-order valence-electron chi connectivity index (χ0n) is 12.1. The summed E-state index contributed by atoms with van der Waals surface area (Å²) in [4.78, 5) is 11.8. The first-order valence-corrected chi connectivity index (χ1v) is 7.66. The molecule has 0 heterocycles. The Morgan fingerprint density at radius 2 is 1.83 bits per heavy atom. The van der Waals surface area contributed by atoms with Crippen molar-refractivity contribution in [1.82, 2.24) is 5.32 Å². The smallest absolute Gasteiger partial charge is 0.220 e. The lowest BCUT2D eigenvalue weighted by atomic mass is 9.81. The monoisotopic (exact) mass is 254 g/mol. The first kappa shape index (κ1) is 15.5. The fraction of sp³-hybridized carbons (Fsp3) is 0.933. The second-order valence-corrected chi connectivity index (χ2v) is 5.81. The lowest BCUT2D eigenvalue weighted by Gasteiger charge is -2.28. The van der Waals surface area contributed by atoms with Crippen LogP contribution in [-0.4, -0.2) is 19.0 Å². The summed E-state index contributed by atoms with van der Waals surface area (Å²) >= 11 is 0. The van der Waals surface area contributed by atoms with E-state index in [1.807, 2.05) is 0 Å². The Morgan fingerprint density at radius 1 is 1.22 bits per heavy atom. The van der Waals surface area contributed by atoms with E-state index >= 15 is 0 Å². The van der Waals surface area contributed by atoms with Crippen LogP contribution in [0, 0.1) is 17.8 Å². The summed E-state index contributed by atoms with van der Waals surface area (Å²) in [5, 5.41) is 3.09. The predicted molar refractivity (Wildman–Crippen MR) is 76.2 cm³/mol. The van der Waals surface area contributed by atoms with Gasteiger partial charge in [-0.2, -0.15) is 0 Å². The molecule has 0 aromatic rings. The number of amides is 1. The van der Waals surface area contributed by atoms with Crippen LogP contribution >= 0.6 is 0 Å². The van der Waals surface area contributed by atoms with E-state index in [9.17, 15) is 4.79 Å². The molecule has 18 heavy (non-hydrogen) atoms. The van der Waals surface area contributed by atoms with Crippen molar-refractivity contribution in [3.63, 3.8) is 0 Å². The first-order chi connectivity index (χ1) is 8.69. The second kappa shape index (κ2) is 8.52. The van der Waals surface area contributed by atoms with E-state index in [2.05, 4.69) is 19.2 Å². The van der Waals surface area contributed by atoms with Gasteiger partial charge in [-0.3, -0.25) is 4.79 Å². The molecule has 1 saturated carbocycles. The zero-order chi connectivity index (χ0) is 13.4. The average Bonchev–Trinajstić information content (AvgIpc) is 2.43. The molecule has 0 radical (unpaired) electrons. The summed E-state index contributed by atoms with van der Waals surface area (Å²) in [7, 11) is 0. The van der Waals surface area contributed by atoms with Crippen molar-refractivity contribution in [2.24, 2.45) is 23.5 Å². The van der Waals surface area contributed by atoms with Gasteiger partial charge in [0.05, 0.1) is 0 Å². The Hall–Kier alpha value is -0.570. The molecule has 106 valence electrons. The summed E-state index contributed by atoms with van der Waals surface area (Å²) in [6.45, 7) is 5.86. The van der Waals surface area contributed by atoms with E-state index in [1.165, 1.54) is 32.1 Å². The molecule has 0 aromatic heterocycles. The molecule has 0 aliphatic heterocycles. The molecule has 0 spiro atoms. The van der Waals surface area contributed by atoms with E-state index in [0.29, 0.717) is 24.8 Å². The van der Waals surface area contributed by atoms with Crippen LogP contribution in [0.15, 0.2) is 0 Å². The molecular weight excluding hydrogens is 224 g/mol. The Morgan fingerprint density at radius 3 is 2.33 bits per heavy atom. The fourth-order valence-corrected chi connectivity index (χ4v) is 2.83. The minimum atomic E-state index is 0.185. The lowest BCUT2D eigenvalue weighted by Crippen LogP contribution is -2.33. The third-order valence-electron chi connectivity index (χ3n) is 4.52. The third-order valence-corrected chi connectivity index (χ3v) is 4.52. The molecule has 3 heteroatoms. The number of carbonyl (C=O) groups is 1. The molecule has 3 nitrogen and oxygen atoms in total. The van der Waals surface area contributed by atoms with Crippen molar-refractivity contribution in [3.05, 3.63) is 0 Å². The van der Waals surface area contributed by atoms with Crippen LogP contribution in [0.4, 0.5) is 0 Å². The molecule has 1 amide bonds. The van der Waals surface area contributed by atoms with E-state index in [0.717, 1.165) is 18.9 Å². The largest absolute Gasteiger partial charge is 0.356 e. The maximum atomic E-state index is 11.8. The minimum absolute atomic E-state index is 0.185. The van der Waals surface area contributed by atoms with Gasteiger partial charge in [-0.25, -0.2) is 0 Å². The summed E-state index contributed by atoms with van der Waals surface area (Å²) < 4.78 is 0. The van der Waals surface area contributed by atoms with Crippen molar-refractivity contribution >= 4 is 5.91 Å². The summed E-state index contributed by atoms with van der Waals surface area (Å²) in [5.41, 5.74) is 5.62. The van der Waals surface area contributed by atoms with Crippen molar-refractivity contribution in [2.75, 3.05) is 13.1 Å². The van der Waals surface area contributed by atoms with Gasteiger partial charge >= 0.3 is 0 Å². The standard InChI is InChI=1S/C15H30N2O/c1-3-12-5-7-14(8-6-12)11-17-15(18)9-13(4-2)10-16/h12-14H,3-11,16H2,1-2H3,(H,17,18).